The molecule has 2 unspecified atom stereocenters. The summed E-state index contributed by atoms with van der Waals surface area (Å²) in [5, 5.41) is 3.34. The first-order chi connectivity index (χ1) is 9.39. The molecule has 1 aromatic carbocycles. The van der Waals surface area contributed by atoms with Crippen molar-refractivity contribution in [3.63, 3.8) is 0 Å². The fraction of sp³-hybridized carbons (Fsp3) is 0.647. The number of hydrogen-bond acceptors (Lipinski definition) is 3. The van der Waals surface area contributed by atoms with Gasteiger partial charge in [-0.05, 0) is 46.7 Å². The van der Waals surface area contributed by atoms with E-state index in [1.54, 1.807) is 7.11 Å². The number of methoxy groups -OCH3 is 1. The van der Waals surface area contributed by atoms with E-state index >= 15 is 0 Å². The van der Waals surface area contributed by atoms with Crippen LogP contribution < -0.4 is 5.32 Å². The summed E-state index contributed by atoms with van der Waals surface area (Å²) in [5.74, 6) is 0. The number of nitrogens with one attached hydrogen (secondary N) is 1. The van der Waals surface area contributed by atoms with Gasteiger partial charge in [0.2, 0.25) is 0 Å². The number of likely N-dealkylation sites (N-methyl/N-ethyl adjacent to an activating group) is 1. The predicted octanol–water partition coefficient (Wildman–Crippen LogP) is 3.48. The molecule has 0 aliphatic rings. The smallest absolute Gasteiger partial charge is 0.0741 e. The number of benzene rings is 1. The van der Waals surface area contributed by atoms with Crippen LogP contribution in [-0.4, -0.2) is 32.5 Å². The largest absolute Gasteiger partial charge is 0.379 e. The summed E-state index contributed by atoms with van der Waals surface area (Å²) >= 11 is 0. The lowest BCUT2D eigenvalue weighted by molar-refractivity contribution is -0.0301. The molecule has 0 aliphatic heterocycles. The molecule has 3 nitrogen and oxygen atoms in total. The second kappa shape index (κ2) is 7.77. The molecular formula is C17H29NO2. The summed E-state index contributed by atoms with van der Waals surface area (Å²) in [6.07, 6.45) is 1.01. The molecule has 0 saturated heterocycles. The van der Waals surface area contributed by atoms with Gasteiger partial charge in [-0.25, -0.2) is 0 Å². The first-order valence-corrected chi connectivity index (χ1v) is 7.30. The zero-order valence-corrected chi connectivity index (χ0v) is 13.7. The lowest BCUT2D eigenvalue weighted by Crippen LogP contribution is -2.31. The van der Waals surface area contributed by atoms with Crippen LogP contribution in [0.4, 0.5) is 0 Å². The van der Waals surface area contributed by atoms with Crippen LogP contribution in [0.1, 0.15) is 44.4 Å². The molecule has 0 aliphatic carbocycles. The van der Waals surface area contributed by atoms with Crippen molar-refractivity contribution in [1.29, 1.82) is 0 Å². The quantitative estimate of drug-likeness (QED) is 0.790. The monoisotopic (exact) mass is 279 g/mol. The molecule has 1 rings (SSSR count). The van der Waals surface area contributed by atoms with Crippen LogP contribution in [0.3, 0.4) is 0 Å². The molecule has 1 aromatic rings. The van der Waals surface area contributed by atoms with E-state index in [0.29, 0.717) is 6.61 Å². The van der Waals surface area contributed by atoms with Crippen LogP contribution in [0.5, 0.6) is 0 Å². The molecule has 0 bridgehead atoms. The second-order valence-electron chi connectivity index (χ2n) is 5.97. The minimum Gasteiger partial charge on any atom is -0.379 e. The highest BCUT2D eigenvalue weighted by Crippen LogP contribution is 2.21. The van der Waals surface area contributed by atoms with Crippen molar-refractivity contribution in [2.75, 3.05) is 20.8 Å². The van der Waals surface area contributed by atoms with E-state index in [1.165, 1.54) is 11.1 Å². The van der Waals surface area contributed by atoms with Crippen molar-refractivity contribution in [2.45, 2.75) is 51.9 Å². The van der Waals surface area contributed by atoms with E-state index in [1.807, 2.05) is 7.05 Å². The SMILES string of the molecule is CNC(c1ccc(C)cc1)C(C)OCCC(C)(C)OC. The third-order valence-electron chi connectivity index (χ3n) is 3.85. The topological polar surface area (TPSA) is 30.5 Å². The molecule has 1 N–H and O–H groups in total. The summed E-state index contributed by atoms with van der Waals surface area (Å²) in [4.78, 5) is 0. The Kier molecular flexibility index (Phi) is 6.66. The Labute approximate surface area is 123 Å². The molecule has 0 amide bonds. The van der Waals surface area contributed by atoms with Crippen molar-refractivity contribution < 1.29 is 9.47 Å². The Morgan fingerprint density at radius 1 is 1.20 bits per heavy atom. The van der Waals surface area contributed by atoms with E-state index in [0.717, 1.165) is 6.42 Å². The molecule has 114 valence electrons. The molecular weight excluding hydrogens is 250 g/mol. The van der Waals surface area contributed by atoms with Gasteiger partial charge >= 0.3 is 0 Å². The third-order valence-corrected chi connectivity index (χ3v) is 3.85. The molecule has 3 heteroatoms. The highest BCUT2D eigenvalue weighted by atomic mass is 16.5. The first-order valence-electron chi connectivity index (χ1n) is 7.30. The number of aryl methyl sites for hydroxylation is 1. The summed E-state index contributed by atoms with van der Waals surface area (Å²) in [7, 11) is 3.72. The van der Waals surface area contributed by atoms with Crippen LogP contribution in [0.2, 0.25) is 0 Å². The Bertz CT molecular complexity index is 386. The van der Waals surface area contributed by atoms with Crippen molar-refractivity contribution in [3.8, 4) is 0 Å². The van der Waals surface area contributed by atoms with Crippen molar-refractivity contribution in [1.82, 2.24) is 5.32 Å². The van der Waals surface area contributed by atoms with Gasteiger partial charge in [0.25, 0.3) is 0 Å². The van der Waals surface area contributed by atoms with Gasteiger partial charge in [-0.3, -0.25) is 0 Å². The maximum atomic E-state index is 5.97. The first kappa shape index (κ1) is 17.2. The lowest BCUT2D eigenvalue weighted by atomic mass is 10.0. The molecule has 0 fully saturated rings. The minimum absolute atomic E-state index is 0.121. The van der Waals surface area contributed by atoms with E-state index in [4.69, 9.17) is 9.47 Å². The minimum atomic E-state index is -0.126. The van der Waals surface area contributed by atoms with Gasteiger partial charge in [0.05, 0.1) is 17.7 Å². The van der Waals surface area contributed by atoms with Gasteiger partial charge in [0.15, 0.2) is 0 Å². The van der Waals surface area contributed by atoms with Crippen LogP contribution in [-0.2, 0) is 9.47 Å². The maximum absolute atomic E-state index is 5.97. The molecule has 0 aromatic heterocycles. The summed E-state index contributed by atoms with van der Waals surface area (Å²) in [5.41, 5.74) is 2.41. The van der Waals surface area contributed by atoms with E-state index in [9.17, 15) is 0 Å². The van der Waals surface area contributed by atoms with Crippen LogP contribution in [0.15, 0.2) is 24.3 Å². The highest BCUT2D eigenvalue weighted by Gasteiger charge is 2.20. The zero-order chi connectivity index (χ0) is 15.2. The highest BCUT2D eigenvalue weighted by molar-refractivity contribution is 5.24. The molecule has 0 heterocycles. The number of ether oxygens (including phenoxy) is 2. The van der Waals surface area contributed by atoms with Gasteiger partial charge in [-0.15, -0.1) is 0 Å². The van der Waals surface area contributed by atoms with Gasteiger partial charge in [0, 0.05) is 13.7 Å². The van der Waals surface area contributed by atoms with E-state index < -0.39 is 0 Å². The Balaban J connectivity index is 2.55. The van der Waals surface area contributed by atoms with E-state index in [2.05, 4.69) is 57.3 Å². The van der Waals surface area contributed by atoms with Crippen molar-refractivity contribution in [2.24, 2.45) is 0 Å². The van der Waals surface area contributed by atoms with Crippen LogP contribution in [0, 0.1) is 6.92 Å². The Morgan fingerprint density at radius 2 is 1.80 bits per heavy atom. The summed E-state index contributed by atoms with van der Waals surface area (Å²) < 4.78 is 11.4. The fourth-order valence-electron chi connectivity index (χ4n) is 2.14. The maximum Gasteiger partial charge on any atom is 0.0741 e. The molecule has 0 radical (unpaired) electrons. The molecule has 2 atom stereocenters. The molecule has 0 saturated carbocycles. The van der Waals surface area contributed by atoms with Gasteiger partial charge in [-0.1, -0.05) is 29.8 Å². The van der Waals surface area contributed by atoms with Gasteiger partial charge < -0.3 is 14.8 Å². The van der Waals surface area contributed by atoms with Gasteiger partial charge in [0.1, 0.15) is 0 Å². The number of hydrogen-bond donors (Lipinski definition) is 1. The lowest BCUT2D eigenvalue weighted by Gasteiger charge is -2.27. The third kappa shape index (κ3) is 5.23. The summed E-state index contributed by atoms with van der Waals surface area (Å²) in [6.45, 7) is 9.07. The number of rotatable bonds is 8. The van der Waals surface area contributed by atoms with Gasteiger partial charge in [-0.2, -0.15) is 0 Å². The predicted molar refractivity (Wildman–Crippen MR) is 84.1 cm³/mol. The Hall–Kier alpha value is -0.900. The fourth-order valence-corrected chi connectivity index (χ4v) is 2.14. The molecule has 0 spiro atoms. The van der Waals surface area contributed by atoms with E-state index in [-0.39, 0.29) is 17.7 Å². The average Bonchev–Trinajstić information content (AvgIpc) is 2.41. The summed E-state index contributed by atoms with van der Waals surface area (Å²) in [6, 6.07) is 8.81. The molecule has 20 heavy (non-hydrogen) atoms. The zero-order valence-electron chi connectivity index (χ0n) is 13.7. The Morgan fingerprint density at radius 3 is 2.30 bits per heavy atom. The van der Waals surface area contributed by atoms with Crippen molar-refractivity contribution in [3.05, 3.63) is 35.4 Å². The van der Waals surface area contributed by atoms with Crippen LogP contribution >= 0.6 is 0 Å². The second-order valence-corrected chi connectivity index (χ2v) is 5.97. The standard InChI is InChI=1S/C17H29NO2/c1-13-7-9-15(10-8-13)16(18-5)14(2)20-12-11-17(3,4)19-6/h7-10,14,16,18H,11-12H2,1-6H3. The van der Waals surface area contributed by atoms with Crippen LogP contribution in [0.25, 0.3) is 0 Å². The normalized spacial score (nSPS) is 15.1. The van der Waals surface area contributed by atoms with Crippen molar-refractivity contribution >= 4 is 0 Å². The average molecular weight is 279 g/mol.